The third kappa shape index (κ3) is 3.42. The molecule has 7 nitrogen and oxygen atoms in total. The van der Waals surface area contributed by atoms with Crippen molar-refractivity contribution in [2.75, 3.05) is 18.0 Å². The van der Waals surface area contributed by atoms with Gasteiger partial charge in [-0.05, 0) is 43.7 Å². The maximum Gasteiger partial charge on any atom is 0.270 e. The minimum absolute atomic E-state index is 0.0579. The van der Waals surface area contributed by atoms with Crippen LogP contribution in [0, 0.1) is 6.92 Å². The summed E-state index contributed by atoms with van der Waals surface area (Å²) in [6.45, 7) is 3.37. The van der Waals surface area contributed by atoms with E-state index in [0.29, 0.717) is 18.2 Å². The first-order chi connectivity index (χ1) is 12.7. The lowest BCUT2D eigenvalue weighted by Gasteiger charge is -2.17. The first-order valence-electron chi connectivity index (χ1n) is 8.65. The molecule has 0 aliphatic carbocycles. The molecule has 0 saturated carbocycles. The van der Waals surface area contributed by atoms with E-state index in [0.717, 1.165) is 30.0 Å². The second kappa shape index (κ2) is 6.95. The van der Waals surface area contributed by atoms with Crippen molar-refractivity contribution in [1.29, 1.82) is 0 Å². The summed E-state index contributed by atoms with van der Waals surface area (Å²) in [5.74, 6) is 0.545. The smallest absolute Gasteiger partial charge is 0.270 e. The number of aromatic nitrogens is 4. The number of carbonyl (C=O) groups is 1. The minimum atomic E-state index is -0.137. The predicted octanol–water partition coefficient (Wildman–Crippen LogP) is 2.18. The van der Waals surface area contributed by atoms with E-state index >= 15 is 0 Å². The number of nitrogens with zero attached hydrogens (tertiary/aromatic N) is 4. The fraction of sp³-hybridized carbons (Fsp3) is 0.263. The summed E-state index contributed by atoms with van der Waals surface area (Å²) in [4.78, 5) is 30.9. The van der Waals surface area contributed by atoms with Gasteiger partial charge in [0.1, 0.15) is 5.69 Å². The molecule has 1 unspecified atom stereocenters. The number of carbonyl (C=O) groups excluding carboxylic acids is 1. The Bertz CT molecular complexity index is 908. The monoisotopic (exact) mass is 348 g/mol. The van der Waals surface area contributed by atoms with Crippen molar-refractivity contribution in [1.82, 2.24) is 25.3 Å². The summed E-state index contributed by atoms with van der Waals surface area (Å²) >= 11 is 0. The molecule has 4 rings (SSSR count). The average molecular weight is 348 g/mol. The van der Waals surface area contributed by atoms with Crippen LogP contribution in [0.1, 0.15) is 22.6 Å². The molecule has 1 amide bonds. The van der Waals surface area contributed by atoms with Gasteiger partial charge in [0.15, 0.2) is 0 Å². The van der Waals surface area contributed by atoms with Crippen LogP contribution in [0.15, 0.2) is 48.8 Å². The number of hydrogen-bond acceptors (Lipinski definition) is 5. The molecule has 1 aliphatic heterocycles. The number of aromatic amines is 1. The number of rotatable bonds is 4. The van der Waals surface area contributed by atoms with E-state index < -0.39 is 0 Å². The van der Waals surface area contributed by atoms with Gasteiger partial charge < -0.3 is 15.2 Å². The Kier molecular flexibility index (Phi) is 4.35. The lowest BCUT2D eigenvalue weighted by molar-refractivity contribution is 0.0935. The Morgan fingerprint density at radius 3 is 2.96 bits per heavy atom. The van der Waals surface area contributed by atoms with E-state index in [1.807, 2.05) is 43.5 Å². The normalized spacial score (nSPS) is 16.7. The van der Waals surface area contributed by atoms with Crippen molar-refractivity contribution in [2.45, 2.75) is 19.4 Å². The highest BCUT2D eigenvalue weighted by Gasteiger charge is 2.26. The van der Waals surface area contributed by atoms with E-state index in [-0.39, 0.29) is 11.9 Å². The third-order valence-electron chi connectivity index (χ3n) is 4.44. The molecule has 26 heavy (non-hydrogen) atoms. The van der Waals surface area contributed by atoms with Crippen LogP contribution >= 0.6 is 0 Å². The van der Waals surface area contributed by atoms with Crippen molar-refractivity contribution in [3.05, 3.63) is 60.2 Å². The van der Waals surface area contributed by atoms with Crippen LogP contribution in [0.5, 0.6) is 0 Å². The second-order valence-electron chi connectivity index (χ2n) is 6.39. The lowest BCUT2D eigenvalue weighted by atomic mass is 10.2. The zero-order chi connectivity index (χ0) is 17.9. The largest absolute Gasteiger partial charge is 0.360 e. The molecule has 1 fully saturated rings. The van der Waals surface area contributed by atoms with Gasteiger partial charge in [0.2, 0.25) is 5.95 Å². The van der Waals surface area contributed by atoms with Crippen molar-refractivity contribution < 1.29 is 4.79 Å². The Hall–Kier alpha value is -3.22. The standard InChI is InChI=1S/C19H20N6O/c1-13-4-2-5-17(22-13)18(26)23-14-8-11-25(12-14)19-21-10-7-16(24-19)15-6-3-9-20-15/h2-7,9-10,14,20H,8,11-12H2,1H3,(H,23,26). The van der Waals surface area contributed by atoms with E-state index in [9.17, 15) is 4.79 Å². The molecule has 1 aliphatic rings. The van der Waals surface area contributed by atoms with Crippen molar-refractivity contribution >= 4 is 11.9 Å². The van der Waals surface area contributed by atoms with Gasteiger partial charge >= 0.3 is 0 Å². The fourth-order valence-corrected chi connectivity index (χ4v) is 3.13. The van der Waals surface area contributed by atoms with Crippen LogP contribution in [0.4, 0.5) is 5.95 Å². The van der Waals surface area contributed by atoms with Gasteiger partial charge in [-0.15, -0.1) is 0 Å². The Balaban J connectivity index is 1.42. The van der Waals surface area contributed by atoms with E-state index in [4.69, 9.17) is 0 Å². The van der Waals surface area contributed by atoms with Crippen LogP contribution in [0.3, 0.4) is 0 Å². The highest BCUT2D eigenvalue weighted by molar-refractivity contribution is 5.92. The Morgan fingerprint density at radius 2 is 2.15 bits per heavy atom. The molecule has 4 heterocycles. The topological polar surface area (TPSA) is 86.8 Å². The summed E-state index contributed by atoms with van der Waals surface area (Å²) in [5, 5.41) is 3.06. The van der Waals surface area contributed by atoms with E-state index in [2.05, 4.69) is 30.2 Å². The number of nitrogens with one attached hydrogen (secondary N) is 2. The highest BCUT2D eigenvalue weighted by atomic mass is 16.2. The van der Waals surface area contributed by atoms with Crippen molar-refractivity contribution in [3.63, 3.8) is 0 Å². The van der Waals surface area contributed by atoms with Gasteiger partial charge in [-0.2, -0.15) is 0 Å². The summed E-state index contributed by atoms with van der Waals surface area (Å²) in [7, 11) is 0. The molecule has 0 radical (unpaired) electrons. The molecular weight excluding hydrogens is 328 g/mol. The molecule has 3 aromatic heterocycles. The van der Waals surface area contributed by atoms with Gasteiger partial charge in [0, 0.05) is 37.2 Å². The quantitative estimate of drug-likeness (QED) is 0.755. The second-order valence-corrected chi connectivity index (χ2v) is 6.39. The molecule has 0 spiro atoms. The van der Waals surface area contributed by atoms with Gasteiger partial charge in [-0.25, -0.2) is 15.0 Å². The zero-order valence-corrected chi connectivity index (χ0v) is 14.5. The first kappa shape index (κ1) is 16.3. The van der Waals surface area contributed by atoms with Crippen molar-refractivity contribution in [3.8, 4) is 11.4 Å². The number of anilines is 1. The molecular formula is C19H20N6O. The minimum Gasteiger partial charge on any atom is -0.360 e. The SMILES string of the molecule is Cc1cccc(C(=O)NC2CCN(c3nccc(-c4ccc[nH]4)n3)C2)n1. The van der Waals surface area contributed by atoms with Crippen LogP contribution in [-0.2, 0) is 0 Å². The Labute approximate surface area is 151 Å². The van der Waals surface area contributed by atoms with Crippen LogP contribution < -0.4 is 10.2 Å². The third-order valence-corrected chi connectivity index (χ3v) is 4.44. The molecule has 7 heteroatoms. The van der Waals surface area contributed by atoms with Crippen LogP contribution in [0.25, 0.3) is 11.4 Å². The summed E-state index contributed by atoms with van der Waals surface area (Å²) in [5.41, 5.74) is 3.10. The van der Waals surface area contributed by atoms with Crippen molar-refractivity contribution in [2.24, 2.45) is 0 Å². The molecule has 0 bridgehead atoms. The molecule has 3 aromatic rings. The van der Waals surface area contributed by atoms with Gasteiger partial charge in [-0.3, -0.25) is 4.79 Å². The molecule has 1 atom stereocenters. The highest BCUT2D eigenvalue weighted by Crippen LogP contribution is 2.20. The zero-order valence-electron chi connectivity index (χ0n) is 14.5. The number of H-pyrrole nitrogens is 1. The van der Waals surface area contributed by atoms with E-state index in [1.165, 1.54) is 0 Å². The molecule has 2 N–H and O–H groups in total. The Morgan fingerprint density at radius 1 is 1.23 bits per heavy atom. The summed E-state index contributed by atoms with van der Waals surface area (Å²) < 4.78 is 0. The average Bonchev–Trinajstić information content (AvgIpc) is 3.34. The summed E-state index contributed by atoms with van der Waals surface area (Å²) in [6, 6.07) is 11.3. The summed E-state index contributed by atoms with van der Waals surface area (Å²) in [6.07, 6.45) is 4.49. The van der Waals surface area contributed by atoms with Crippen LogP contribution in [-0.4, -0.2) is 45.0 Å². The van der Waals surface area contributed by atoms with Gasteiger partial charge in [0.05, 0.1) is 11.4 Å². The number of amides is 1. The van der Waals surface area contributed by atoms with Gasteiger partial charge in [-0.1, -0.05) is 6.07 Å². The first-order valence-corrected chi connectivity index (χ1v) is 8.65. The number of hydrogen-bond donors (Lipinski definition) is 2. The number of aryl methyl sites for hydroxylation is 1. The van der Waals surface area contributed by atoms with E-state index in [1.54, 1.807) is 12.3 Å². The fourth-order valence-electron chi connectivity index (χ4n) is 3.13. The number of pyridine rings is 1. The predicted molar refractivity (Wildman–Crippen MR) is 98.9 cm³/mol. The molecule has 0 aromatic carbocycles. The van der Waals surface area contributed by atoms with Crippen LogP contribution in [0.2, 0.25) is 0 Å². The van der Waals surface area contributed by atoms with Gasteiger partial charge in [0.25, 0.3) is 5.91 Å². The lowest BCUT2D eigenvalue weighted by Crippen LogP contribution is -2.37. The molecule has 132 valence electrons. The maximum atomic E-state index is 12.4. The molecule has 1 saturated heterocycles. The maximum absolute atomic E-state index is 12.4.